The Balaban J connectivity index is 1.66. The second kappa shape index (κ2) is 10.8. The van der Waals surface area contributed by atoms with E-state index in [0.717, 1.165) is 38.9 Å². The van der Waals surface area contributed by atoms with Gasteiger partial charge in [0.15, 0.2) is 0 Å². The van der Waals surface area contributed by atoms with Crippen molar-refractivity contribution in [2.75, 3.05) is 19.6 Å². The van der Waals surface area contributed by atoms with Crippen LogP contribution in [0, 0.1) is 11.8 Å². The summed E-state index contributed by atoms with van der Waals surface area (Å²) in [5, 5.41) is 3.10. The second-order valence-electron chi connectivity index (χ2n) is 10.7. The van der Waals surface area contributed by atoms with Crippen molar-refractivity contribution >= 4 is 11.8 Å². The monoisotopic (exact) mass is 441 g/mol. The maximum atomic E-state index is 13.4. The van der Waals surface area contributed by atoms with E-state index in [1.165, 1.54) is 11.1 Å². The van der Waals surface area contributed by atoms with Gasteiger partial charge in [-0.1, -0.05) is 65.3 Å². The van der Waals surface area contributed by atoms with Gasteiger partial charge in [0.05, 0.1) is 0 Å². The molecule has 0 radical (unpaired) electrons. The number of piperazine rings is 1. The summed E-state index contributed by atoms with van der Waals surface area (Å²) in [7, 11) is 0. The molecule has 2 saturated heterocycles. The van der Waals surface area contributed by atoms with E-state index in [-0.39, 0.29) is 17.9 Å². The van der Waals surface area contributed by atoms with E-state index in [9.17, 15) is 9.59 Å². The number of nitrogens with zero attached hydrogens (tertiary/aromatic N) is 2. The molecule has 0 bridgehead atoms. The zero-order valence-corrected chi connectivity index (χ0v) is 20.8. The minimum atomic E-state index is -0.669. The van der Waals surface area contributed by atoms with Crippen LogP contribution in [0.1, 0.15) is 77.8 Å². The molecular weight excluding hydrogens is 398 g/mol. The zero-order valence-electron chi connectivity index (χ0n) is 20.8. The Morgan fingerprint density at radius 3 is 2.19 bits per heavy atom. The third-order valence-corrected chi connectivity index (χ3v) is 7.01. The number of piperidine rings is 1. The third-order valence-electron chi connectivity index (χ3n) is 7.01. The van der Waals surface area contributed by atoms with E-state index in [0.29, 0.717) is 37.6 Å². The van der Waals surface area contributed by atoms with Crippen LogP contribution in [0.3, 0.4) is 0 Å². The molecule has 0 aliphatic carbocycles. The van der Waals surface area contributed by atoms with Crippen LogP contribution >= 0.6 is 0 Å². The molecule has 1 atom stereocenters. The topological polar surface area (TPSA) is 52.7 Å². The number of rotatable bonds is 9. The first-order chi connectivity index (χ1) is 15.2. The van der Waals surface area contributed by atoms with Crippen molar-refractivity contribution < 1.29 is 9.59 Å². The smallest absolute Gasteiger partial charge is 0.246 e. The average Bonchev–Trinajstić information content (AvgIpc) is 2.74. The van der Waals surface area contributed by atoms with Crippen molar-refractivity contribution in [3.63, 3.8) is 0 Å². The van der Waals surface area contributed by atoms with Gasteiger partial charge in [0.2, 0.25) is 11.8 Å². The lowest BCUT2D eigenvalue weighted by molar-refractivity contribution is -0.161. The lowest BCUT2D eigenvalue weighted by Gasteiger charge is -2.52. The highest BCUT2D eigenvalue weighted by molar-refractivity contribution is 6.00. The molecule has 2 aliphatic rings. The molecule has 1 unspecified atom stereocenters. The third kappa shape index (κ3) is 5.72. The number of likely N-dealkylation sites (tertiary alicyclic amines) is 1. The summed E-state index contributed by atoms with van der Waals surface area (Å²) >= 11 is 0. The number of amides is 2. The minimum Gasteiger partial charge on any atom is -0.342 e. The van der Waals surface area contributed by atoms with Crippen molar-refractivity contribution in [3.8, 4) is 0 Å². The molecular formula is C27H43N3O2. The van der Waals surface area contributed by atoms with E-state index in [1.807, 2.05) is 4.90 Å². The van der Waals surface area contributed by atoms with E-state index in [2.05, 4.69) is 69.1 Å². The van der Waals surface area contributed by atoms with Crippen molar-refractivity contribution in [1.82, 2.24) is 15.1 Å². The SMILES string of the molecule is CCCCN1C(=O)C(CC(C)C)NC(=O)C12CCN(Cc1ccc(CC(C)C)cc1)CC2. The average molecular weight is 442 g/mol. The molecule has 178 valence electrons. The highest BCUT2D eigenvalue weighted by atomic mass is 16.2. The molecule has 2 amide bonds. The molecule has 1 aromatic carbocycles. The standard InChI is InChI=1S/C27H43N3O2/c1-6-7-14-30-25(31)24(18-21(4)5)28-26(32)27(30)12-15-29(16-13-27)19-23-10-8-22(9-11-23)17-20(2)3/h8-11,20-21,24H,6-7,12-19H2,1-5H3,(H,28,32). The van der Waals surface area contributed by atoms with Crippen molar-refractivity contribution in [3.05, 3.63) is 35.4 Å². The molecule has 2 heterocycles. The molecule has 1 aromatic rings. The number of benzene rings is 1. The number of hydrogen-bond donors (Lipinski definition) is 1. The maximum Gasteiger partial charge on any atom is 0.246 e. The van der Waals surface area contributed by atoms with Crippen LogP contribution in [0.5, 0.6) is 0 Å². The fraction of sp³-hybridized carbons (Fsp3) is 0.704. The zero-order chi connectivity index (χ0) is 23.3. The van der Waals surface area contributed by atoms with E-state index in [1.54, 1.807) is 0 Å². The van der Waals surface area contributed by atoms with E-state index < -0.39 is 5.54 Å². The van der Waals surface area contributed by atoms with Crippen molar-refractivity contribution in [1.29, 1.82) is 0 Å². The predicted octanol–water partition coefficient (Wildman–Crippen LogP) is 4.39. The summed E-state index contributed by atoms with van der Waals surface area (Å²) in [5.74, 6) is 1.23. The Hall–Kier alpha value is -1.88. The Morgan fingerprint density at radius 1 is 1.00 bits per heavy atom. The first-order valence-corrected chi connectivity index (χ1v) is 12.7. The molecule has 0 aromatic heterocycles. The Morgan fingerprint density at radius 2 is 1.62 bits per heavy atom. The molecule has 5 nitrogen and oxygen atoms in total. The van der Waals surface area contributed by atoms with Gasteiger partial charge in [-0.3, -0.25) is 14.5 Å². The van der Waals surface area contributed by atoms with Crippen LogP contribution in [0.2, 0.25) is 0 Å². The summed E-state index contributed by atoms with van der Waals surface area (Å²) in [5.41, 5.74) is 2.04. The van der Waals surface area contributed by atoms with Gasteiger partial charge in [-0.25, -0.2) is 0 Å². The van der Waals surface area contributed by atoms with E-state index in [4.69, 9.17) is 0 Å². The Labute approximate surface area is 194 Å². The predicted molar refractivity (Wildman–Crippen MR) is 130 cm³/mol. The minimum absolute atomic E-state index is 0.0662. The summed E-state index contributed by atoms with van der Waals surface area (Å²) in [4.78, 5) is 31.1. The molecule has 1 spiro atoms. The molecule has 2 aliphatic heterocycles. The lowest BCUT2D eigenvalue weighted by Crippen LogP contribution is -2.73. The van der Waals surface area contributed by atoms with Gasteiger partial charge in [0, 0.05) is 26.2 Å². The van der Waals surface area contributed by atoms with Gasteiger partial charge in [-0.05, 0) is 55.1 Å². The highest BCUT2D eigenvalue weighted by Crippen LogP contribution is 2.34. The van der Waals surface area contributed by atoms with Crippen LogP contribution in [0.4, 0.5) is 0 Å². The highest BCUT2D eigenvalue weighted by Gasteiger charge is 2.53. The summed E-state index contributed by atoms with van der Waals surface area (Å²) in [6.45, 7) is 14.1. The normalized spacial score (nSPS) is 21.6. The number of nitrogens with one attached hydrogen (secondary N) is 1. The first-order valence-electron chi connectivity index (χ1n) is 12.7. The second-order valence-corrected chi connectivity index (χ2v) is 10.7. The van der Waals surface area contributed by atoms with E-state index >= 15 is 0 Å². The van der Waals surface area contributed by atoms with Gasteiger partial charge < -0.3 is 10.2 Å². The van der Waals surface area contributed by atoms with Crippen LogP contribution < -0.4 is 5.32 Å². The molecule has 0 saturated carbocycles. The fourth-order valence-corrected chi connectivity index (χ4v) is 5.24. The molecule has 3 rings (SSSR count). The van der Waals surface area contributed by atoms with Crippen LogP contribution in [0.25, 0.3) is 0 Å². The summed E-state index contributed by atoms with van der Waals surface area (Å²) in [6.07, 6.45) is 5.22. The summed E-state index contributed by atoms with van der Waals surface area (Å²) < 4.78 is 0. The Kier molecular flexibility index (Phi) is 8.37. The molecule has 5 heteroatoms. The number of carbonyl (C=O) groups is 2. The van der Waals surface area contributed by atoms with Gasteiger partial charge >= 0.3 is 0 Å². The van der Waals surface area contributed by atoms with Crippen LogP contribution in [-0.2, 0) is 22.6 Å². The molecule has 32 heavy (non-hydrogen) atoms. The van der Waals surface area contributed by atoms with Crippen LogP contribution in [0.15, 0.2) is 24.3 Å². The van der Waals surface area contributed by atoms with Gasteiger partial charge in [-0.2, -0.15) is 0 Å². The van der Waals surface area contributed by atoms with Gasteiger partial charge in [-0.15, -0.1) is 0 Å². The quantitative estimate of drug-likeness (QED) is 0.618. The largest absolute Gasteiger partial charge is 0.342 e. The molecule has 2 fully saturated rings. The van der Waals surface area contributed by atoms with Gasteiger partial charge in [0.25, 0.3) is 0 Å². The van der Waals surface area contributed by atoms with Crippen molar-refractivity contribution in [2.24, 2.45) is 11.8 Å². The number of carbonyl (C=O) groups excluding carboxylic acids is 2. The number of hydrogen-bond acceptors (Lipinski definition) is 3. The lowest BCUT2D eigenvalue weighted by atomic mass is 9.80. The maximum absolute atomic E-state index is 13.4. The Bertz CT molecular complexity index is 764. The van der Waals surface area contributed by atoms with Crippen LogP contribution in [-0.4, -0.2) is 52.8 Å². The summed E-state index contributed by atoms with van der Waals surface area (Å²) in [6, 6.07) is 8.60. The molecule has 1 N–H and O–H groups in total. The van der Waals surface area contributed by atoms with Gasteiger partial charge in [0.1, 0.15) is 11.6 Å². The fourth-order valence-electron chi connectivity index (χ4n) is 5.24. The van der Waals surface area contributed by atoms with Crippen molar-refractivity contribution in [2.45, 2.75) is 91.3 Å². The number of unbranched alkanes of at least 4 members (excludes halogenated alkanes) is 1. The first kappa shape index (κ1) is 24.8.